The fourth-order valence-corrected chi connectivity index (χ4v) is 10.5. The molecule has 0 radical (unpaired) electrons. The molecule has 1 saturated heterocycles. The fraction of sp³-hybridized carbons (Fsp3) is 0.818. The maximum Gasteiger partial charge on any atom is 0.222 e. The number of aromatic nitrogens is 2. The van der Waals surface area contributed by atoms with Crippen molar-refractivity contribution in [1.29, 1.82) is 0 Å². The molecule has 2 heterocycles. The molecule has 216 valence electrons. The number of carbonyl (C=O) groups excluding carboxylic acids is 1. The number of fused-ring (bicyclic) bond motifs is 5. The number of hydrogen-bond donors (Lipinski definition) is 1. The van der Waals surface area contributed by atoms with Crippen LogP contribution in [0.3, 0.4) is 0 Å². The first-order chi connectivity index (χ1) is 18.6. The van der Waals surface area contributed by atoms with Crippen LogP contribution in [-0.2, 0) is 11.8 Å². The molecule has 4 aliphatic carbocycles. The summed E-state index contributed by atoms with van der Waals surface area (Å²) in [5.41, 5.74) is 2.31. The van der Waals surface area contributed by atoms with Crippen LogP contribution < -0.4 is 4.90 Å². The predicted molar refractivity (Wildman–Crippen MR) is 156 cm³/mol. The van der Waals surface area contributed by atoms with Crippen LogP contribution in [0.4, 0.5) is 5.82 Å². The van der Waals surface area contributed by atoms with Gasteiger partial charge in [0, 0.05) is 45.2 Å². The summed E-state index contributed by atoms with van der Waals surface area (Å²) in [6.07, 6.45) is 15.7. The van der Waals surface area contributed by atoms with E-state index in [0.717, 1.165) is 68.4 Å². The number of rotatable bonds is 5. The third kappa shape index (κ3) is 4.57. The molecule has 0 spiro atoms. The molecule has 9 atom stereocenters. The summed E-state index contributed by atoms with van der Waals surface area (Å²) >= 11 is 0. The second-order valence-electron chi connectivity index (χ2n) is 14.6. The Morgan fingerprint density at radius 2 is 1.97 bits per heavy atom. The number of aryl methyl sites for hydroxylation is 1. The van der Waals surface area contributed by atoms with E-state index < -0.39 is 0 Å². The Morgan fingerprint density at radius 1 is 1.15 bits per heavy atom. The molecule has 1 aliphatic heterocycles. The largest absolute Gasteiger partial charge is 0.393 e. The normalized spacial score (nSPS) is 40.9. The molecule has 6 heteroatoms. The Kier molecular flexibility index (Phi) is 7.17. The zero-order valence-corrected chi connectivity index (χ0v) is 25.1. The number of anilines is 1. The van der Waals surface area contributed by atoms with Gasteiger partial charge in [0.05, 0.1) is 12.3 Å². The number of allylic oxidation sites excluding steroid dienone is 1. The lowest BCUT2D eigenvalue weighted by molar-refractivity contribution is -0.134. The molecule has 0 bridgehead atoms. The minimum absolute atomic E-state index is 0.123. The van der Waals surface area contributed by atoms with E-state index in [-0.39, 0.29) is 12.1 Å². The van der Waals surface area contributed by atoms with Gasteiger partial charge in [0.25, 0.3) is 0 Å². The van der Waals surface area contributed by atoms with Gasteiger partial charge in [-0.3, -0.25) is 9.48 Å². The summed E-state index contributed by atoms with van der Waals surface area (Å²) in [6, 6.07) is 2.30. The number of hydrogen-bond acceptors (Lipinski definition) is 4. The van der Waals surface area contributed by atoms with Crippen LogP contribution in [0.25, 0.3) is 0 Å². The third-order valence-electron chi connectivity index (χ3n) is 12.7. The number of aliphatic hydroxyl groups is 1. The van der Waals surface area contributed by atoms with Crippen LogP contribution in [0.5, 0.6) is 0 Å². The summed E-state index contributed by atoms with van der Waals surface area (Å²) < 4.78 is 1.93. The lowest BCUT2D eigenvalue weighted by Gasteiger charge is -2.58. The van der Waals surface area contributed by atoms with Gasteiger partial charge < -0.3 is 14.9 Å². The quantitative estimate of drug-likeness (QED) is 0.482. The van der Waals surface area contributed by atoms with Gasteiger partial charge in [-0.05, 0) is 105 Å². The van der Waals surface area contributed by atoms with E-state index in [0.29, 0.717) is 29.1 Å². The number of amides is 1. The molecule has 1 aromatic rings. The molecule has 4 fully saturated rings. The molecule has 39 heavy (non-hydrogen) atoms. The highest BCUT2D eigenvalue weighted by Gasteiger charge is 2.59. The van der Waals surface area contributed by atoms with Gasteiger partial charge in [-0.1, -0.05) is 32.4 Å². The lowest BCUT2D eigenvalue weighted by Crippen LogP contribution is -2.54. The summed E-state index contributed by atoms with van der Waals surface area (Å²) in [7, 11) is 1.99. The van der Waals surface area contributed by atoms with Gasteiger partial charge in [-0.2, -0.15) is 5.10 Å². The lowest BCUT2D eigenvalue weighted by atomic mass is 9.47. The third-order valence-corrected chi connectivity index (χ3v) is 12.7. The summed E-state index contributed by atoms with van der Waals surface area (Å²) in [5.74, 6) is 5.25. The van der Waals surface area contributed by atoms with Gasteiger partial charge >= 0.3 is 0 Å². The van der Waals surface area contributed by atoms with Gasteiger partial charge in [0.2, 0.25) is 5.91 Å². The van der Waals surface area contributed by atoms with Crippen LogP contribution in [0.2, 0.25) is 0 Å². The number of carbonyl (C=O) groups is 1. The minimum Gasteiger partial charge on any atom is -0.393 e. The number of aliphatic hydroxyl groups excluding tert-OH is 1. The van der Waals surface area contributed by atoms with Crippen molar-refractivity contribution in [1.82, 2.24) is 14.7 Å². The molecule has 3 saturated carbocycles. The first kappa shape index (κ1) is 27.4. The highest BCUT2D eigenvalue weighted by atomic mass is 16.3. The summed E-state index contributed by atoms with van der Waals surface area (Å²) in [5, 5.41) is 14.6. The Bertz CT molecular complexity index is 1100. The standard InChI is InChI=1S/C33H52N4O2/c1-22(6-11-31(39)37-19-18-36(21-23(37)2)30-14-17-34-35(30)5)27-9-10-28-26-8-7-24-20-25(38)12-15-32(24,3)29(26)13-16-33(27,28)4/h7,14,17,22-23,25-29,38H,6,8-13,15-16,18-21H2,1-5H3/t22?,23-,25-,26-,27+,28-,29-,32-,33+/m0/s1. The molecular formula is C33H52N4O2. The van der Waals surface area contributed by atoms with Crippen LogP contribution in [0, 0.1) is 40.4 Å². The number of nitrogens with zero attached hydrogens (tertiary/aromatic N) is 4. The van der Waals surface area contributed by atoms with Crippen molar-refractivity contribution in [3.05, 3.63) is 23.9 Å². The molecule has 1 unspecified atom stereocenters. The van der Waals surface area contributed by atoms with E-state index >= 15 is 0 Å². The van der Waals surface area contributed by atoms with E-state index in [4.69, 9.17) is 0 Å². The second kappa shape index (κ2) is 10.2. The average Bonchev–Trinajstić information content (AvgIpc) is 3.50. The Balaban J connectivity index is 1.06. The van der Waals surface area contributed by atoms with E-state index in [1.54, 1.807) is 5.57 Å². The van der Waals surface area contributed by atoms with Crippen molar-refractivity contribution in [2.75, 3.05) is 24.5 Å². The topological polar surface area (TPSA) is 61.6 Å². The molecule has 5 aliphatic rings. The fourth-order valence-electron chi connectivity index (χ4n) is 10.5. The van der Waals surface area contributed by atoms with Crippen molar-refractivity contribution < 1.29 is 9.90 Å². The van der Waals surface area contributed by atoms with E-state index in [2.05, 4.69) is 54.7 Å². The Morgan fingerprint density at radius 3 is 2.72 bits per heavy atom. The summed E-state index contributed by atoms with van der Waals surface area (Å²) in [6.45, 7) is 12.4. The summed E-state index contributed by atoms with van der Waals surface area (Å²) in [4.78, 5) is 17.9. The molecule has 0 aromatic carbocycles. The monoisotopic (exact) mass is 536 g/mol. The Labute approximate surface area is 236 Å². The van der Waals surface area contributed by atoms with E-state index in [1.807, 2.05) is 17.9 Å². The zero-order chi connectivity index (χ0) is 27.5. The van der Waals surface area contributed by atoms with Crippen molar-refractivity contribution in [3.8, 4) is 0 Å². The Hall–Kier alpha value is -1.82. The van der Waals surface area contributed by atoms with Gasteiger partial charge in [-0.15, -0.1) is 0 Å². The maximum absolute atomic E-state index is 13.4. The first-order valence-corrected chi connectivity index (χ1v) is 16.0. The average molecular weight is 537 g/mol. The number of piperazine rings is 1. The van der Waals surface area contributed by atoms with Gasteiger partial charge in [-0.25, -0.2) is 0 Å². The van der Waals surface area contributed by atoms with E-state index in [1.165, 1.54) is 38.5 Å². The van der Waals surface area contributed by atoms with E-state index in [9.17, 15) is 9.90 Å². The molecule has 1 aromatic heterocycles. The SMILES string of the molecule is CC(CCC(=O)N1CCN(c2ccnn2C)C[C@@H]1C)[C@H]1CC[C@H]2[C@@H]3CC=C4C[C@@H](O)CC[C@]4(C)[C@H]3CC[C@]12C. The minimum atomic E-state index is -0.123. The van der Waals surface area contributed by atoms with Gasteiger partial charge in [0.1, 0.15) is 5.82 Å². The van der Waals surface area contributed by atoms with Crippen molar-refractivity contribution in [2.24, 2.45) is 47.5 Å². The van der Waals surface area contributed by atoms with Crippen LogP contribution in [0.15, 0.2) is 23.9 Å². The van der Waals surface area contributed by atoms with Crippen LogP contribution in [0.1, 0.15) is 91.9 Å². The predicted octanol–water partition coefficient (Wildman–Crippen LogP) is 5.81. The van der Waals surface area contributed by atoms with Gasteiger partial charge in [0.15, 0.2) is 0 Å². The zero-order valence-electron chi connectivity index (χ0n) is 25.1. The second-order valence-corrected chi connectivity index (χ2v) is 14.6. The first-order valence-electron chi connectivity index (χ1n) is 16.0. The molecule has 6 nitrogen and oxygen atoms in total. The smallest absolute Gasteiger partial charge is 0.222 e. The molecular weight excluding hydrogens is 484 g/mol. The van der Waals surface area contributed by atoms with Crippen molar-refractivity contribution in [2.45, 2.75) is 104 Å². The van der Waals surface area contributed by atoms with Crippen LogP contribution >= 0.6 is 0 Å². The highest BCUT2D eigenvalue weighted by molar-refractivity contribution is 5.77. The van der Waals surface area contributed by atoms with Crippen molar-refractivity contribution >= 4 is 11.7 Å². The highest BCUT2D eigenvalue weighted by Crippen LogP contribution is 2.67. The maximum atomic E-state index is 13.4. The van der Waals surface area contributed by atoms with Crippen molar-refractivity contribution in [3.63, 3.8) is 0 Å². The van der Waals surface area contributed by atoms with Crippen LogP contribution in [-0.4, -0.2) is 57.5 Å². The molecule has 6 rings (SSSR count). The molecule has 1 amide bonds. The molecule has 1 N–H and O–H groups in total.